The summed E-state index contributed by atoms with van der Waals surface area (Å²) in [6, 6.07) is 0.710. The number of rotatable bonds is 7. The molecule has 2 N–H and O–H groups in total. The number of ether oxygens (including phenoxy) is 3. The highest BCUT2D eigenvalue weighted by Crippen LogP contribution is 2.23. The number of esters is 1. The lowest BCUT2D eigenvalue weighted by molar-refractivity contribution is -0.0529. The fourth-order valence-corrected chi connectivity index (χ4v) is 4.01. The molecule has 0 radical (unpaired) electrons. The van der Waals surface area contributed by atoms with Crippen LogP contribution in [0.5, 0.6) is 11.8 Å². The van der Waals surface area contributed by atoms with Gasteiger partial charge in [0, 0.05) is 0 Å². The normalized spacial score (nSPS) is 11.0. The van der Waals surface area contributed by atoms with Gasteiger partial charge in [-0.3, -0.25) is 5.32 Å². The van der Waals surface area contributed by atoms with Gasteiger partial charge in [0.25, 0.3) is 10.0 Å². The van der Waals surface area contributed by atoms with Gasteiger partial charge in [-0.15, -0.1) is 11.3 Å². The number of carbonyl (C=O) groups excluding carboxylic acids is 2. The molecule has 0 saturated heterocycles. The lowest BCUT2D eigenvalue weighted by Gasteiger charge is -2.10. The zero-order valence-electron chi connectivity index (χ0n) is 14.1. The molecule has 2 heterocycles. The van der Waals surface area contributed by atoms with Crippen LogP contribution in [0.15, 0.2) is 22.4 Å². The third-order valence-corrected chi connectivity index (χ3v) is 5.24. The number of halogens is 2. The number of anilines is 1. The molecular formula is C13H12F2N4O7S2. The topological polar surface area (TPSA) is 146 Å². The Morgan fingerprint density at radius 1 is 1.21 bits per heavy atom. The van der Waals surface area contributed by atoms with E-state index in [1.807, 2.05) is 5.32 Å². The third kappa shape index (κ3) is 5.23. The van der Waals surface area contributed by atoms with Crippen LogP contribution in [-0.4, -0.2) is 51.2 Å². The second-order valence-corrected chi connectivity index (χ2v) is 7.18. The molecule has 2 amide bonds. The maximum absolute atomic E-state index is 12.3. The van der Waals surface area contributed by atoms with Gasteiger partial charge in [-0.1, -0.05) is 0 Å². The van der Waals surface area contributed by atoms with Gasteiger partial charge in [0.1, 0.15) is 9.77 Å². The highest BCUT2D eigenvalue weighted by molar-refractivity contribution is 7.90. The minimum absolute atomic E-state index is 0.227. The highest BCUT2D eigenvalue weighted by atomic mass is 32.2. The number of nitrogens with zero attached hydrogens (tertiary/aromatic N) is 2. The number of aromatic nitrogens is 2. The summed E-state index contributed by atoms with van der Waals surface area (Å²) < 4.78 is 64.2. The van der Waals surface area contributed by atoms with E-state index < -0.39 is 45.4 Å². The molecule has 0 fully saturated rings. The van der Waals surface area contributed by atoms with E-state index in [0.717, 1.165) is 30.6 Å². The molecule has 152 valence electrons. The summed E-state index contributed by atoms with van der Waals surface area (Å²) in [7, 11) is -2.22. The van der Waals surface area contributed by atoms with Crippen LogP contribution in [-0.2, 0) is 14.8 Å². The Balaban J connectivity index is 2.20. The molecule has 0 aliphatic carbocycles. The van der Waals surface area contributed by atoms with Gasteiger partial charge in [-0.25, -0.2) is 22.7 Å². The van der Waals surface area contributed by atoms with Crippen LogP contribution < -0.4 is 19.5 Å². The molecule has 0 atom stereocenters. The predicted molar refractivity (Wildman–Crippen MR) is 90.2 cm³/mol. The molecule has 2 aromatic rings. The van der Waals surface area contributed by atoms with Gasteiger partial charge >= 0.3 is 18.6 Å². The summed E-state index contributed by atoms with van der Waals surface area (Å²) in [6.45, 7) is -3.20. The van der Waals surface area contributed by atoms with E-state index in [-0.39, 0.29) is 10.8 Å². The molecule has 2 aromatic heterocycles. The number of thiophene rings is 1. The van der Waals surface area contributed by atoms with Gasteiger partial charge < -0.3 is 14.2 Å². The number of hydrogen-bond donors (Lipinski definition) is 2. The first-order valence-electron chi connectivity index (χ1n) is 7.03. The molecule has 11 nitrogen and oxygen atoms in total. The van der Waals surface area contributed by atoms with Crippen molar-refractivity contribution >= 4 is 39.3 Å². The summed E-state index contributed by atoms with van der Waals surface area (Å²) in [5.41, 5.74) is 0. The number of hydrogen-bond acceptors (Lipinski definition) is 10. The van der Waals surface area contributed by atoms with E-state index in [2.05, 4.69) is 19.4 Å². The molecule has 0 aromatic carbocycles. The van der Waals surface area contributed by atoms with Gasteiger partial charge in [0.2, 0.25) is 17.7 Å². The Kier molecular flexibility index (Phi) is 6.63. The van der Waals surface area contributed by atoms with E-state index in [0.29, 0.717) is 0 Å². The number of amides is 2. The van der Waals surface area contributed by atoms with Crippen molar-refractivity contribution in [2.24, 2.45) is 0 Å². The second-order valence-electron chi connectivity index (χ2n) is 4.62. The number of nitrogens with one attached hydrogen (secondary N) is 2. The second kappa shape index (κ2) is 8.75. The zero-order chi connectivity index (χ0) is 20.9. The molecule has 28 heavy (non-hydrogen) atoms. The quantitative estimate of drug-likeness (QED) is 0.613. The van der Waals surface area contributed by atoms with Crippen LogP contribution in [0, 0.1) is 0 Å². The monoisotopic (exact) mass is 438 g/mol. The molecule has 0 unspecified atom stereocenters. The van der Waals surface area contributed by atoms with E-state index in [1.165, 1.54) is 12.5 Å². The number of urea groups is 1. The van der Waals surface area contributed by atoms with E-state index in [9.17, 15) is 26.8 Å². The summed E-state index contributed by atoms with van der Waals surface area (Å²) in [5.74, 6) is -2.32. The lowest BCUT2D eigenvalue weighted by atomic mass is 10.5. The van der Waals surface area contributed by atoms with Crippen molar-refractivity contribution in [3.05, 3.63) is 22.4 Å². The van der Waals surface area contributed by atoms with Crippen LogP contribution >= 0.6 is 11.3 Å². The average molecular weight is 438 g/mol. The first-order chi connectivity index (χ1) is 13.2. The zero-order valence-corrected chi connectivity index (χ0v) is 15.8. The minimum Gasteiger partial charge on any atom is -0.481 e. The molecule has 0 bridgehead atoms. The Morgan fingerprint density at radius 2 is 1.89 bits per heavy atom. The van der Waals surface area contributed by atoms with Crippen molar-refractivity contribution in [2.75, 3.05) is 19.5 Å². The molecular weight excluding hydrogens is 426 g/mol. The fraction of sp³-hybridized carbons (Fsp3) is 0.231. The first kappa shape index (κ1) is 21.2. The number of sulfonamides is 1. The highest BCUT2D eigenvalue weighted by Gasteiger charge is 2.26. The van der Waals surface area contributed by atoms with Gasteiger partial charge in [0.05, 0.1) is 20.3 Å². The van der Waals surface area contributed by atoms with Crippen molar-refractivity contribution in [2.45, 2.75) is 11.5 Å². The van der Waals surface area contributed by atoms with Crippen LogP contribution in [0.2, 0.25) is 0 Å². The number of methoxy groups -OCH3 is 2. The minimum atomic E-state index is -4.46. The summed E-state index contributed by atoms with van der Waals surface area (Å²) in [5, 5.41) is 3.26. The van der Waals surface area contributed by atoms with Crippen LogP contribution in [0.1, 0.15) is 9.67 Å². The molecule has 0 aliphatic heterocycles. The smallest absolute Gasteiger partial charge is 0.388 e. The largest absolute Gasteiger partial charge is 0.481 e. The fourth-order valence-electron chi connectivity index (χ4n) is 1.77. The molecule has 0 aliphatic rings. The van der Waals surface area contributed by atoms with E-state index in [4.69, 9.17) is 4.74 Å². The molecule has 15 heteroatoms. The Morgan fingerprint density at radius 3 is 2.50 bits per heavy atom. The maximum Gasteiger partial charge on any atom is 0.388 e. The Bertz CT molecular complexity index is 981. The van der Waals surface area contributed by atoms with E-state index in [1.54, 1.807) is 4.72 Å². The SMILES string of the molecule is COC(=O)c1sccc1S(=O)(=O)NC(=O)Nc1nc(OC)cc(OC(F)F)n1. The standard InChI is InChI=1S/C13H12F2N4O7S2/c1-24-7-5-8(26-11(14)15)17-12(16-7)18-13(21)19-28(22,23)6-3-4-27-9(6)10(20)25-2/h3-5,11H,1-2H3,(H2,16,17,18,19,21). The Hall–Kier alpha value is -3.07. The van der Waals surface area contributed by atoms with Crippen LogP contribution in [0.25, 0.3) is 0 Å². The predicted octanol–water partition coefficient (Wildman–Crippen LogP) is 1.45. The van der Waals surface area contributed by atoms with E-state index >= 15 is 0 Å². The molecule has 0 spiro atoms. The molecule has 0 saturated carbocycles. The first-order valence-corrected chi connectivity index (χ1v) is 9.40. The summed E-state index contributed by atoms with van der Waals surface area (Å²) in [6.07, 6.45) is 0. The lowest BCUT2D eigenvalue weighted by Crippen LogP contribution is -2.35. The van der Waals surface area contributed by atoms with Crippen molar-refractivity contribution < 1.29 is 41.0 Å². The van der Waals surface area contributed by atoms with Crippen LogP contribution in [0.4, 0.5) is 19.5 Å². The van der Waals surface area contributed by atoms with Gasteiger partial charge in [-0.05, 0) is 11.4 Å². The Labute approximate surface area is 160 Å². The number of carbonyl (C=O) groups is 2. The third-order valence-electron chi connectivity index (χ3n) is 2.84. The summed E-state index contributed by atoms with van der Waals surface area (Å²) in [4.78, 5) is 30.0. The molecule has 2 rings (SSSR count). The van der Waals surface area contributed by atoms with Crippen molar-refractivity contribution in [3.63, 3.8) is 0 Å². The van der Waals surface area contributed by atoms with Gasteiger partial charge in [0.15, 0.2) is 0 Å². The van der Waals surface area contributed by atoms with Crippen molar-refractivity contribution in [3.8, 4) is 11.8 Å². The maximum atomic E-state index is 12.3. The average Bonchev–Trinajstić information content (AvgIpc) is 3.10. The number of alkyl halides is 2. The van der Waals surface area contributed by atoms with Gasteiger partial charge in [-0.2, -0.15) is 18.7 Å². The van der Waals surface area contributed by atoms with Crippen LogP contribution in [0.3, 0.4) is 0 Å². The van der Waals surface area contributed by atoms with Crippen molar-refractivity contribution in [1.29, 1.82) is 0 Å². The van der Waals surface area contributed by atoms with Crippen molar-refractivity contribution in [1.82, 2.24) is 14.7 Å². The summed E-state index contributed by atoms with van der Waals surface area (Å²) >= 11 is 0.799.